The summed E-state index contributed by atoms with van der Waals surface area (Å²) in [6.45, 7) is 9.74. The average molecular weight is 340 g/mol. The summed E-state index contributed by atoms with van der Waals surface area (Å²) in [5.74, 6) is -0.471. The second kappa shape index (κ2) is 8.57. The van der Waals surface area contributed by atoms with Crippen molar-refractivity contribution in [3.8, 4) is 0 Å². The number of amides is 1. The third-order valence-electron chi connectivity index (χ3n) is 4.07. The molecule has 1 N–H and O–H groups in total. The zero-order valence-electron chi connectivity index (χ0n) is 15.1. The van der Waals surface area contributed by atoms with E-state index in [1.165, 1.54) is 12.2 Å². The van der Waals surface area contributed by atoms with Crippen molar-refractivity contribution in [2.75, 3.05) is 14.2 Å². The van der Waals surface area contributed by atoms with Crippen molar-refractivity contribution in [2.45, 2.75) is 52.0 Å². The Hall–Kier alpha value is -1.24. The molecular formula is C17H28N2O3S. The number of rotatable bonds is 7. The Morgan fingerprint density at radius 2 is 1.83 bits per heavy atom. The fourth-order valence-electron chi connectivity index (χ4n) is 2.74. The quantitative estimate of drug-likeness (QED) is 0.776. The van der Waals surface area contributed by atoms with Gasteiger partial charge < -0.3 is 0 Å². The van der Waals surface area contributed by atoms with Crippen molar-refractivity contribution >= 4 is 16.9 Å². The molecule has 5 nitrogen and oxygen atoms in total. The van der Waals surface area contributed by atoms with Crippen LogP contribution < -0.4 is 4.72 Å². The molecule has 23 heavy (non-hydrogen) atoms. The van der Waals surface area contributed by atoms with E-state index in [-0.39, 0.29) is 17.9 Å². The van der Waals surface area contributed by atoms with Crippen LogP contribution in [0.25, 0.3) is 0 Å². The number of nitrogens with zero attached hydrogens (tertiary/aromatic N) is 1. The molecule has 0 aromatic heterocycles. The van der Waals surface area contributed by atoms with E-state index in [2.05, 4.69) is 4.72 Å². The number of carbonyl (C=O) groups excluding carboxylic acids is 1. The van der Waals surface area contributed by atoms with E-state index in [1.807, 2.05) is 46.8 Å². The number of benzene rings is 1. The second-order valence-electron chi connectivity index (χ2n) is 5.94. The van der Waals surface area contributed by atoms with E-state index in [0.29, 0.717) is 6.42 Å². The second-order valence-corrected chi connectivity index (χ2v) is 7.12. The predicted octanol–water partition coefficient (Wildman–Crippen LogP) is 2.66. The van der Waals surface area contributed by atoms with E-state index in [4.69, 9.17) is 4.84 Å². The van der Waals surface area contributed by atoms with Crippen LogP contribution in [-0.2, 0) is 20.6 Å². The number of carbonyl (C=O) groups is 1. The molecular weight excluding hydrogens is 312 g/mol. The standard InChI is InChI=1S/C17H28N2O3S/c1-8-15(14(5)17(20)19(6)22-7)18-23(21)16-12(3)9-11(2)10-13(16)4/h9-10,14-15,18H,8H2,1-7H3/t14-,15-,23?/m0/s1. The first-order valence-corrected chi connectivity index (χ1v) is 8.95. The van der Waals surface area contributed by atoms with Crippen molar-refractivity contribution in [1.29, 1.82) is 0 Å². The summed E-state index contributed by atoms with van der Waals surface area (Å²) in [5.41, 5.74) is 3.14. The Labute approximate surface area is 141 Å². The molecule has 6 heteroatoms. The van der Waals surface area contributed by atoms with Gasteiger partial charge in [0.1, 0.15) is 11.0 Å². The SMILES string of the molecule is CC[C@H](NS(=O)c1c(C)cc(C)cc1C)[C@H](C)C(=O)N(C)OC. The van der Waals surface area contributed by atoms with E-state index in [1.54, 1.807) is 7.05 Å². The summed E-state index contributed by atoms with van der Waals surface area (Å²) >= 11 is 0. The summed E-state index contributed by atoms with van der Waals surface area (Å²) in [5, 5.41) is 1.21. The highest BCUT2D eigenvalue weighted by Gasteiger charge is 2.27. The van der Waals surface area contributed by atoms with Gasteiger partial charge in [0.25, 0.3) is 0 Å². The Morgan fingerprint density at radius 1 is 1.30 bits per heavy atom. The van der Waals surface area contributed by atoms with Crippen LogP contribution in [0, 0.1) is 26.7 Å². The lowest BCUT2D eigenvalue weighted by molar-refractivity contribution is -0.173. The normalized spacial score (nSPS) is 15.1. The highest BCUT2D eigenvalue weighted by atomic mass is 32.2. The smallest absolute Gasteiger partial charge is 0.250 e. The Kier molecular flexibility index (Phi) is 7.38. The molecule has 0 spiro atoms. The number of nitrogens with one attached hydrogen (secondary N) is 1. The predicted molar refractivity (Wildman–Crippen MR) is 93.2 cm³/mol. The Balaban J connectivity index is 2.96. The van der Waals surface area contributed by atoms with Gasteiger partial charge in [-0.05, 0) is 38.3 Å². The van der Waals surface area contributed by atoms with Crippen LogP contribution >= 0.6 is 0 Å². The minimum atomic E-state index is -1.36. The molecule has 1 amide bonds. The van der Waals surface area contributed by atoms with Crippen LogP contribution in [-0.4, -0.2) is 35.4 Å². The molecule has 3 atom stereocenters. The molecule has 0 aliphatic heterocycles. The van der Waals surface area contributed by atoms with E-state index >= 15 is 0 Å². The van der Waals surface area contributed by atoms with Crippen LogP contribution in [0.1, 0.15) is 37.0 Å². The molecule has 0 saturated heterocycles. The minimum Gasteiger partial charge on any atom is -0.275 e. The van der Waals surface area contributed by atoms with Gasteiger partial charge in [0, 0.05) is 13.1 Å². The highest BCUT2D eigenvalue weighted by molar-refractivity contribution is 7.83. The zero-order valence-corrected chi connectivity index (χ0v) is 15.9. The summed E-state index contributed by atoms with van der Waals surface area (Å²) in [6.07, 6.45) is 0.695. The molecule has 130 valence electrons. The minimum absolute atomic E-state index is 0.138. The summed E-state index contributed by atoms with van der Waals surface area (Å²) in [6, 6.07) is 3.85. The largest absolute Gasteiger partial charge is 0.275 e. The van der Waals surface area contributed by atoms with E-state index in [9.17, 15) is 9.00 Å². The van der Waals surface area contributed by atoms with Crippen molar-refractivity contribution in [3.05, 3.63) is 28.8 Å². The van der Waals surface area contributed by atoms with E-state index < -0.39 is 11.0 Å². The molecule has 0 radical (unpaired) electrons. The number of hydroxylamine groups is 2. The van der Waals surface area contributed by atoms with Gasteiger partial charge in [0.05, 0.1) is 17.9 Å². The van der Waals surface area contributed by atoms with Gasteiger partial charge in [-0.15, -0.1) is 0 Å². The molecule has 1 aromatic carbocycles. The van der Waals surface area contributed by atoms with E-state index in [0.717, 1.165) is 21.6 Å². The molecule has 1 unspecified atom stereocenters. The molecule has 0 saturated carbocycles. The van der Waals surface area contributed by atoms with Crippen LogP contribution in [0.4, 0.5) is 0 Å². The van der Waals surface area contributed by atoms with Gasteiger partial charge >= 0.3 is 0 Å². The maximum absolute atomic E-state index is 12.8. The first kappa shape index (κ1) is 19.8. The molecule has 0 heterocycles. The summed E-state index contributed by atoms with van der Waals surface area (Å²) in [4.78, 5) is 18.0. The van der Waals surface area contributed by atoms with Crippen molar-refractivity contribution < 1.29 is 13.8 Å². The first-order chi connectivity index (χ1) is 10.7. The molecule has 1 rings (SSSR count). The maximum Gasteiger partial charge on any atom is 0.250 e. The average Bonchev–Trinajstić information content (AvgIpc) is 2.49. The fraction of sp³-hybridized carbons (Fsp3) is 0.588. The van der Waals surface area contributed by atoms with Gasteiger partial charge in [0.15, 0.2) is 0 Å². The van der Waals surface area contributed by atoms with Crippen molar-refractivity contribution in [1.82, 2.24) is 9.79 Å². The first-order valence-electron chi connectivity index (χ1n) is 7.80. The summed E-state index contributed by atoms with van der Waals surface area (Å²) in [7, 11) is 1.68. The highest BCUT2D eigenvalue weighted by Crippen LogP contribution is 2.21. The topological polar surface area (TPSA) is 58.6 Å². The van der Waals surface area contributed by atoms with Gasteiger partial charge in [-0.2, -0.15) is 0 Å². The van der Waals surface area contributed by atoms with Gasteiger partial charge in [-0.25, -0.2) is 14.0 Å². The van der Waals surface area contributed by atoms with Crippen LogP contribution in [0.5, 0.6) is 0 Å². The Morgan fingerprint density at radius 3 is 2.26 bits per heavy atom. The number of hydrogen-bond acceptors (Lipinski definition) is 3. The third-order valence-corrected chi connectivity index (χ3v) is 5.60. The number of hydrogen-bond donors (Lipinski definition) is 1. The fourth-order valence-corrected chi connectivity index (χ4v) is 4.21. The van der Waals surface area contributed by atoms with Gasteiger partial charge in [-0.3, -0.25) is 9.63 Å². The third kappa shape index (κ3) is 4.86. The van der Waals surface area contributed by atoms with Crippen molar-refractivity contribution in [2.24, 2.45) is 5.92 Å². The van der Waals surface area contributed by atoms with Gasteiger partial charge in [0.2, 0.25) is 5.91 Å². The molecule has 0 aliphatic rings. The van der Waals surface area contributed by atoms with Crippen LogP contribution in [0.3, 0.4) is 0 Å². The van der Waals surface area contributed by atoms with Crippen LogP contribution in [0.2, 0.25) is 0 Å². The summed E-state index contributed by atoms with van der Waals surface area (Å²) < 4.78 is 15.9. The molecule has 1 aromatic rings. The van der Waals surface area contributed by atoms with Crippen molar-refractivity contribution in [3.63, 3.8) is 0 Å². The lowest BCUT2D eigenvalue weighted by atomic mass is 10.00. The Bertz CT molecular complexity index is 566. The van der Waals surface area contributed by atoms with Crippen LogP contribution in [0.15, 0.2) is 17.0 Å². The number of aryl methyl sites for hydroxylation is 3. The van der Waals surface area contributed by atoms with Gasteiger partial charge in [-0.1, -0.05) is 31.5 Å². The molecule has 0 fully saturated rings. The zero-order chi connectivity index (χ0) is 17.7. The maximum atomic E-state index is 12.8. The lowest BCUT2D eigenvalue weighted by Crippen LogP contribution is -2.44. The monoisotopic (exact) mass is 340 g/mol. The lowest BCUT2D eigenvalue weighted by Gasteiger charge is -2.26. The molecule has 0 bridgehead atoms. The molecule has 0 aliphatic carbocycles.